The molecule has 0 radical (unpaired) electrons. The predicted molar refractivity (Wildman–Crippen MR) is 80.0 cm³/mol. The highest BCUT2D eigenvalue weighted by molar-refractivity contribution is 5.76. The normalized spacial score (nSPS) is 11.4. The topological polar surface area (TPSA) is 46.3 Å². The minimum absolute atomic E-state index is 0.0201. The maximum Gasteiger partial charge on any atom is 0.222 e. The van der Waals surface area contributed by atoms with E-state index in [-0.39, 0.29) is 11.3 Å². The van der Waals surface area contributed by atoms with Gasteiger partial charge in [-0.1, -0.05) is 43.7 Å². The molecule has 3 nitrogen and oxygen atoms in total. The summed E-state index contributed by atoms with van der Waals surface area (Å²) < 4.78 is 0. The Morgan fingerprint density at radius 3 is 2.63 bits per heavy atom. The van der Waals surface area contributed by atoms with Crippen LogP contribution in [0.15, 0.2) is 24.3 Å². The van der Waals surface area contributed by atoms with E-state index in [1.165, 1.54) is 11.1 Å². The molecule has 3 heteroatoms. The van der Waals surface area contributed by atoms with Gasteiger partial charge in [-0.25, -0.2) is 0 Å². The number of amides is 1. The van der Waals surface area contributed by atoms with Gasteiger partial charge in [-0.2, -0.15) is 0 Å². The summed E-state index contributed by atoms with van der Waals surface area (Å²) in [5.74, 6) is 0.183. The lowest BCUT2D eigenvalue weighted by molar-refractivity contribution is -0.131. The van der Waals surface area contributed by atoms with E-state index in [0.29, 0.717) is 19.5 Å². The number of benzene rings is 1. The van der Waals surface area contributed by atoms with Crippen molar-refractivity contribution in [2.45, 2.75) is 33.6 Å². The third-order valence-corrected chi connectivity index (χ3v) is 3.35. The molecular weight excluding hydrogens is 236 g/mol. The third-order valence-electron chi connectivity index (χ3n) is 3.35. The quantitative estimate of drug-likeness (QED) is 0.855. The molecule has 1 aromatic rings. The molecule has 0 saturated heterocycles. The van der Waals surface area contributed by atoms with Crippen LogP contribution in [0.4, 0.5) is 0 Å². The second-order valence-electron chi connectivity index (χ2n) is 6.11. The molecule has 0 aliphatic carbocycles. The van der Waals surface area contributed by atoms with E-state index in [4.69, 9.17) is 5.73 Å². The van der Waals surface area contributed by atoms with Crippen molar-refractivity contribution in [2.24, 2.45) is 11.1 Å². The third kappa shape index (κ3) is 5.43. The summed E-state index contributed by atoms with van der Waals surface area (Å²) in [5, 5.41) is 0. The second kappa shape index (κ2) is 6.71. The summed E-state index contributed by atoms with van der Waals surface area (Å²) in [6, 6.07) is 8.32. The molecular formula is C16H26N2O. The van der Waals surface area contributed by atoms with E-state index in [1.807, 2.05) is 13.1 Å². The monoisotopic (exact) mass is 262 g/mol. The number of hydrogen-bond acceptors (Lipinski definition) is 2. The number of carbonyl (C=O) groups excluding carboxylic acids is 1. The highest BCUT2D eigenvalue weighted by atomic mass is 16.2. The summed E-state index contributed by atoms with van der Waals surface area (Å²) in [5.41, 5.74) is 8.14. The molecule has 2 N–H and O–H groups in total. The Balaban J connectivity index is 2.47. The number of aryl methyl sites for hydroxylation is 2. The van der Waals surface area contributed by atoms with Crippen LogP contribution < -0.4 is 5.73 Å². The van der Waals surface area contributed by atoms with Gasteiger partial charge in [-0.15, -0.1) is 0 Å². The molecule has 0 heterocycles. The standard InChI is InChI=1S/C16H26N2O/c1-13-6-5-7-14(10-13)8-9-15(19)18(4)12-16(2,3)11-17/h5-7,10H,8-9,11-12,17H2,1-4H3. The molecule has 1 rings (SSSR count). The highest BCUT2D eigenvalue weighted by Gasteiger charge is 2.20. The van der Waals surface area contributed by atoms with Crippen LogP contribution in [0.25, 0.3) is 0 Å². The molecule has 106 valence electrons. The average molecular weight is 262 g/mol. The molecule has 0 saturated carbocycles. The molecule has 0 fully saturated rings. The summed E-state index contributed by atoms with van der Waals surface area (Å²) >= 11 is 0. The first-order chi connectivity index (χ1) is 8.84. The summed E-state index contributed by atoms with van der Waals surface area (Å²) in [7, 11) is 1.86. The predicted octanol–water partition coefficient (Wildman–Crippen LogP) is 2.37. The molecule has 0 spiro atoms. The molecule has 0 aromatic heterocycles. The van der Waals surface area contributed by atoms with Gasteiger partial charge in [0.15, 0.2) is 0 Å². The molecule has 0 bridgehead atoms. The van der Waals surface area contributed by atoms with Gasteiger partial charge >= 0.3 is 0 Å². The van der Waals surface area contributed by atoms with Crippen molar-refractivity contribution >= 4 is 5.91 Å². The van der Waals surface area contributed by atoms with Gasteiger partial charge in [0.2, 0.25) is 5.91 Å². The van der Waals surface area contributed by atoms with Crippen molar-refractivity contribution in [3.63, 3.8) is 0 Å². The first-order valence-electron chi connectivity index (χ1n) is 6.84. The SMILES string of the molecule is Cc1cccc(CCC(=O)N(C)CC(C)(C)CN)c1. The van der Waals surface area contributed by atoms with Crippen molar-refractivity contribution in [1.82, 2.24) is 4.90 Å². The maximum atomic E-state index is 12.1. The van der Waals surface area contributed by atoms with E-state index < -0.39 is 0 Å². The van der Waals surface area contributed by atoms with Crippen LogP contribution in [-0.4, -0.2) is 30.9 Å². The summed E-state index contributed by atoms with van der Waals surface area (Å²) in [6.45, 7) is 7.52. The lowest BCUT2D eigenvalue weighted by Gasteiger charge is -2.29. The molecule has 1 amide bonds. The van der Waals surface area contributed by atoms with Gasteiger partial charge < -0.3 is 10.6 Å². The Morgan fingerprint density at radius 2 is 2.05 bits per heavy atom. The molecule has 0 atom stereocenters. The zero-order valence-electron chi connectivity index (χ0n) is 12.6. The second-order valence-corrected chi connectivity index (χ2v) is 6.11. The van der Waals surface area contributed by atoms with E-state index in [2.05, 4.69) is 39.0 Å². The average Bonchev–Trinajstić information content (AvgIpc) is 2.35. The minimum Gasteiger partial charge on any atom is -0.345 e. The van der Waals surface area contributed by atoms with Gasteiger partial charge in [-0.05, 0) is 30.9 Å². The molecule has 19 heavy (non-hydrogen) atoms. The smallest absolute Gasteiger partial charge is 0.222 e. The Kier molecular flexibility index (Phi) is 5.55. The Morgan fingerprint density at radius 1 is 1.37 bits per heavy atom. The zero-order chi connectivity index (χ0) is 14.5. The van der Waals surface area contributed by atoms with E-state index in [1.54, 1.807) is 4.90 Å². The maximum absolute atomic E-state index is 12.1. The molecule has 0 aliphatic heterocycles. The number of rotatable bonds is 6. The molecule has 0 unspecified atom stereocenters. The van der Waals surface area contributed by atoms with Crippen LogP contribution in [0.3, 0.4) is 0 Å². The van der Waals surface area contributed by atoms with Crippen molar-refractivity contribution in [1.29, 1.82) is 0 Å². The van der Waals surface area contributed by atoms with Crippen LogP contribution in [0, 0.1) is 12.3 Å². The number of nitrogens with zero attached hydrogens (tertiary/aromatic N) is 1. The number of hydrogen-bond donors (Lipinski definition) is 1. The summed E-state index contributed by atoms with van der Waals surface area (Å²) in [6.07, 6.45) is 1.36. The number of nitrogens with two attached hydrogens (primary N) is 1. The van der Waals surface area contributed by atoms with Crippen LogP contribution in [0.2, 0.25) is 0 Å². The van der Waals surface area contributed by atoms with Crippen molar-refractivity contribution in [2.75, 3.05) is 20.1 Å². The van der Waals surface area contributed by atoms with Gasteiger partial charge in [-0.3, -0.25) is 4.79 Å². The van der Waals surface area contributed by atoms with Crippen molar-refractivity contribution in [3.8, 4) is 0 Å². The van der Waals surface area contributed by atoms with E-state index in [9.17, 15) is 4.79 Å². The Bertz CT molecular complexity index is 427. The van der Waals surface area contributed by atoms with Crippen LogP contribution in [0.5, 0.6) is 0 Å². The molecule has 0 aliphatic rings. The van der Waals surface area contributed by atoms with Gasteiger partial charge in [0, 0.05) is 20.0 Å². The fourth-order valence-corrected chi connectivity index (χ4v) is 2.10. The fourth-order valence-electron chi connectivity index (χ4n) is 2.10. The lowest BCUT2D eigenvalue weighted by Crippen LogP contribution is -2.39. The Labute approximate surface area is 116 Å². The van der Waals surface area contributed by atoms with Crippen molar-refractivity contribution in [3.05, 3.63) is 35.4 Å². The largest absolute Gasteiger partial charge is 0.345 e. The van der Waals surface area contributed by atoms with Crippen molar-refractivity contribution < 1.29 is 4.79 Å². The first-order valence-corrected chi connectivity index (χ1v) is 6.84. The molecule has 1 aromatic carbocycles. The Hall–Kier alpha value is -1.35. The lowest BCUT2D eigenvalue weighted by atomic mass is 9.93. The fraction of sp³-hybridized carbons (Fsp3) is 0.562. The van der Waals surface area contributed by atoms with Gasteiger partial charge in [0.05, 0.1) is 0 Å². The zero-order valence-corrected chi connectivity index (χ0v) is 12.6. The van der Waals surface area contributed by atoms with Gasteiger partial charge in [0.1, 0.15) is 0 Å². The summed E-state index contributed by atoms with van der Waals surface area (Å²) in [4.78, 5) is 13.9. The van der Waals surface area contributed by atoms with Crippen LogP contribution >= 0.6 is 0 Å². The minimum atomic E-state index is -0.0201. The number of carbonyl (C=O) groups is 1. The van der Waals surface area contributed by atoms with E-state index in [0.717, 1.165) is 6.42 Å². The van der Waals surface area contributed by atoms with Crippen LogP contribution in [-0.2, 0) is 11.2 Å². The van der Waals surface area contributed by atoms with Gasteiger partial charge in [0.25, 0.3) is 0 Å². The highest BCUT2D eigenvalue weighted by Crippen LogP contribution is 2.15. The van der Waals surface area contributed by atoms with E-state index >= 15 is 0 Å². The van der Waals surface area contributed by atoms with Crippen LogP contribution in [0.1, 0.15) is 31.4 Å². The first kappa shape index (κ1) is 15.7.